The number of thioether (sulfide) groups is 1. The molecule has 0 unspecified atom stereocenters. The van der Waals surface area contributed by atoms with Gasteiger partial charge in [0.15, 0.2) is 5.16 Å². The number of aromatic nitrogens is 5. The van der Waals surface area contributed by atoms with Crippen LogP contribution in [0.2, 0.25) is 0 Å². The second kappa shape index (κ2) is 10.8. The number of fused-ring (bicyclic) bond motifs is 1. The van der Waals surface area contributed by atoms with E-state index in [4.69, 9.17) is 4.74 Å². The lowest BCUT2D eigenvalue weighted by atomic mass is 10.1. The highest BCUT2D eigenvalue weighted by atomic mass is 32.2. The second-order valence-electron chi connectivity index (χ2n) is 6.76. The Bertz CT molecular complexity index is 1020. The Balaban J connectivity index is 1.55. The van der Waals surface area contributed by atoms with Crippen molar-refractivity contribution in [3.8, 4) is 5.75 Å². The molecule has 0 spiro atoms. The van der Waals surface area contributed by atoms with Crippen molar-refractivity contribution < 1.29 is 9.53 Å². The van der Waals surface area contributed by atoms with Gasteiger partial charge in [-0.25, -0.2) is 4.40 Å². The molecule has 0 aliphatic carbocycles. The van der Waals surface area contributed by atoms with Crippen molar-refractivity contribution in [3.63, 3.8) is 0 Å². The lowest BCUT2D eigenvalue weighted by Gasteiger charge is -2.12. The van der Waals surface area contributed by atoms with Crippen molar-refractivity contribution >= 4 is 35.3 Å². The molecule has 2 heterocycles. The fraction of sp³-hybridized carbons (Fsp3) is 0.450. The lowest BCUT2D eigenvalue weighted by Crippen LogP contribution is -2.29. The molecule has 1 amide bonds. The SMILES string of the molecule is CCNc1nc(NCC)n2c(SCC(=O)NCCOc3c(C)cccc3C)nnc2n1. The molecular formula is C20H28N8O2S. The van der Waals surface area contributed by atoms with Gasteiger partial charge in [-0.05, 0) is 38.8 Å². The zero-order valence-electron chi connectivity index (χ0n) is 18.2. The van der Waals surface area contributed by atoms with Crippen LogP contribution in [-0.4, -0.2) is 62.5 Å². The summed E-state index contributed by atoms with van der Waals surface area (Å²) in [5.74, 6) is 2.45. The molecule has 3 aromatic rings. The molecule has 0 atom stereocenters. The quantitative estimate of drug-likeness (QED) is 0.302. The van der Waals surface area contributed by atoms with Crippen molar-refractivity contribution in [1.82, 2.24) is 29.9 Å². The summed E-state index contributed by atoms with van der Waals surface area (Å²) in [6, 6.07) is 6.01. The molecule has 11 heteroatoms. The molecule has 2 aromatic heterocycles. The highest BCUT2D eigenvalue weighted by Gasteiger charge is 2.15. The molecule has 31 heavy (non-hydrogen) atoms. The van der Waals surface area contributed by atoms with Crippen LogP contribution < -0.4 is 20.7 Å². The van der Waals surface area contributed by atoms with Gasteiger partial charge in [-0.1, -0.05) is 30.0 Å². The van der Waals surface area contributed by atoms with E-state index >= 15 is 0 Å². The Kier molecular flexibility index (Phi) is 7.88. The number of nitrogens with zero attached hydrogens (tertiary/aromatic N) is 5. The van der Waals surface area contributed by atoms with Crippen LogP contribution in [0.15, 0.2) is 23.4 Å². The Morgan fingerprint density at radius 3 is 2.55 bits per heavy atom. The van der Waals surface area contributed by atoms with Crippen LogP contribution in [0.5, 0.6) is 5.75 Å². The van der Waals surface area contributed by atoms with E-state index in [2.05, 4.69) is 36.1 Å². The van der Waals surface area contributed by atoms with Gasteiger partial charge in [0.25, 0.3) is 5.78 Å². The first-order chi connectivity index (χ1) is 15.0. The number of hydrogen-bond acceptors (Lipinski definition) is 9. The van der Waals surface area contributed by atoms with Gasteiger partial charge in [0.1, 0.15) is 12.4 Å². The molecule has 0 fully saturated rings. The molecule has 3 N–H and O–H groups in total. The van der Waals surface area contributed by atoms with E-state index in [0.29, 0.717) is 49.1 Å². The largest absolute Gasteiger partial charge is 0.491 e. The standard InChI is InChI=1S/C20H28N8O2S/c1-5-21-17-24-18(22-6-2)28-19(25-17)26-27-20(28)31-12-15(29)23-10-11-30-16-13(3)8-7-9-14(16)4/h7-9H,5-6,10-12H2,1-4H3,(H,23,29)(H2,21,22,24,25,26). The van der Waals surface area contributed by atoms with Crippen LogP contribution >= 0.6 is 11.8 Å². The van der Waals surface area contributed by atoms with Gasteiger partial charge >= 0.3 is 0 Å². The predicted octanol–water partition coefficient (Wildman–Crippen LogP) is 2.29. The van der Waals surface area contributed by atoms with E-state index in [1.54, 1.807) is 4.40 Å². The van der Waals surface area contributed by atoms with Gasteiger partial charge in [-0.3, -0.25) is 4.79 Å². The maximum absolute atomic E-state index is 12.3. The average molecular weight is 445 g/mol. The Morgan fingerprint density at radius 1 is 1.10 bits per heavy atom. The van der Waals surface area contributed by atoms with E-state index < -0.39 is 0 Å². The molecular weight excluding hydrogens is 416 g/mol. The van der Waals surface area contributed by atoms with Crippen molar-refractivity contribution in [2.45, 2.75) is 32.9 Å². The zero-order valence-corrected chi connectivity index (χ0v) is 19.0. The first-order valence-electron chi connectivity index (χ1n) is 10.2. The Labute approximate surface area is 185 Å². The van der Waals surface area contributed by atoms with Crippen LogP contribution in [0.3, 0.4) is 0 Å². The first-order valence-corrected chi connectivity index (χ1v) is 11.2. The van der Waals surface area contributed by atoms with E-state index in [1.165, 1.54) is 11.8 Å². The zero-order chi connectivity index (χ0) is 22.2. The van der Waals surface area contributed by atoms with E-state index in [0.717, 1.165) is 16.9 Å². The Hall–Kier alpha value is -3.08. The molecule has 0 bridgehead atoms. The molecule has 0 saturated carbocycles. The van der Waals surface area contributed by atoms with Crippen LogP contribution in [0, 0.1) is 13.8 Å². The number of anilines is 2. The van der Waals surface area contributed by atoms with Crippen molar-refractivity contribution in [2.75, 3.05) is 42.6 Å². The minimum Gasteiger partial charge on any atom is -0.491 e. The highest BCUT2D eigenvalue weighted by molar-refractivity contribution is 7.99. The number of benzene rings is 1. The summed E-state index contributed by atoms with van der Waals surface area (Å²) in [4.78, 5) is 21.1. The predicted molar refractivity (Wildman–Crippen MR) is 122 cm³/mol. The van der Waals surface area contributed by atoms with E-state index in [-0.39, 0.29) is 11.7 Å². The lowest BCUT2D eigenvalue weighted by molar-refractivity contribution is -0.118. The Morgan fingerprint density at radius 2 is 1.84 bits per heavy atom. The summed E-state index contributed by atoms with van der Waals surface area (Å²) in [6.45, 7) is 10.2. The molecule has 0 aliphatic rings. The van der Waals surface area contributed by atoms with Gasteiger partial charge in [-0.2, -0.15) is 9.97 Å². The number of carbonyl (C=O) groups is 1. The van der Waals surface area contributed by atoms with Crippen LogP contribution in [0.1, 0.15) is 25.0 Å². The smallest absolute Gasteiger partial charge is 0.261 e. The fourth-order valence-electron chi connectivity index (χ4n) is 2.95. The van der Waals surface area contributed by atoms with Gasteiger partial charge in [0, 0.05) is 13.1 Å². The summed E-state index contributed by atoms with van der Waals surface area (Å²) in [7, 11) is 0. The third kappa shape index (κ3) is 5.75. The minimum absolute atomic E-state index is 0.109. The third-order valence-electron chi connectivity index (χ3n) is 4.33. The van der Waals surface area contributed by atoms with Gasteiger partial charge in [0.2, 0.25) is 17.8 Å². The number of hydrogen-bond donors (Lipinski definition) is 3. The van der Waals surface area contributed by atoms with Crippen molar-refractivity contribution in [1.29, 1.82) is 0 Å². The molecule has 0 aliphatic heterocycles. The number of nitrogens with one attached hydrogen (secondary N) is 3. The van der Waals surface area contributed by atoms with Crippen LogP contribution in [0.4, 0.5) is 11.9 Å². The summed E-state index contributed by atoms with van der Waals surface area (Å²) in [5, 5.41) is 18.0. The first kappa shape index (κ1) is 22.6. The molecule has 0 saturated heterocycles. The van der Waals surface area contributed by atoms with Crippen LogP contribution in [0.25, 0.3) is 5.78 Å². The molecule has 166 valence electrons. The third-order valence-corrected chi connectivity index (χ3v) is 5.26. The maximum Gasteiger partial charge on any atom is 0.261 e. The number of para-hydroxylation sites is 1. The number of amides is 1. The number of ether oxygens (including phenoxy) is 1. The summed E-state index contributed by atoms with van der Waals surface area (Å²) >= 11 is 1.28. The van der Waals surface area contributed by atoms with Crippen molar-refractivity contribution in [2.24, 2.45) is 0 Å². The monoisotopic (exact) mass is 444 g/mol. The van der Waals surface area contributed by atoms with Crippen LogP contribution in [-0.2, 0) is 4.79 Å². The molecule has 1 aromatic carbocycles. The van der Waals surface area contributed by atoms with Crippen molar-refractivity contribution in [3.05, 3.63) is 29.3 Å². The minimum atomic E-state index is -0.109. The normalized spacial score (nSPS) is 10.8. The second-order valence-corrected chi connectivity index (χ2v) is 7.70. The van der Waals surface area contributed by atoms with E-state index in [9.17, 15) is 4.79 Å². The number of carbonyl (C=O) groups excluding carboxylic acids is 1. The van der Waals surface area contributed by atoms with Gasteiger partial charge in [-0.15, -0.1) is 10.2 Å². The van der Waals surface area contributed by atoms with Gasteiger partial charge in [0.05, 0.1) is 12.3 Å². The number of aryl methyl sites for hydroxylation is 2. The fourth-order valence-corrected chi connectivity index (χ4v) is 3.71. The maximum atomic E-state index is 12.3. The summed E-state index contributed by atoms with van der Waals surface area (Å²) < 4.78 is 7.54. The summed E-state index contributed by atoms with van der Waals surface area (Å²) in [5.41, 5.74) is 2.16. The molecule has 3 rings (SSSR count). The summed E-state index contributed by atoms with van der Waals surface area (Å²) in [6.07, 6.45) is 0. The highest BCUT2D eigenvalue weighted by Crippen LogP contribution is 2.22. The molecule has 0 radical (unpaired) electrons. The van der Waals surface area contributed by atoms with Gasteiger partial charge < -0.3 is 20.7 Å². The number of rotatable bonds is 11. The average Bonchev–Trinajstić information content (AvgIpc) is 3.15. The molecule has 10 nitrogen and oxygen atoms in total. The topological polar surface area (TPSA) is 118 Å². The van der Waals surface area contributed by atoms with E-state index in [1.807, 2.05) is 45.9 Å².